The van der Waals surface area contributed by atoms with Gasteiger partial charge in [0.05, 0.1) is 22.2 Å². The number of methoxy groups -OCH3 is 1. The first-order valence-corrected chi connectivity index (χ1v) is 12.4. The summed E-state index contributed by atoms with van der Waals surface area (Å²) in [7, 11) is -1.98. The minimum Gasteiger partial charge on any atom is -0.497 e. The maximum absolute atomic E-state index is 13.0. The topological polar surface area (TPSA) is 88.6 Å². The summed E-state index contributed by atoms with van der Waals surface area (Å²) < 4.78 is 33.7. The number of piperidine rings is 1. The average Bonchev–Trinajstić information content (AvgIpc) is 3.14. The van der Waals surface area contributed by atoms with E-state index in [2.05, 4.69) is 24.1 Å². The third-order valence-electron chi connectivity index (χ3n) is 5.41. The number of amides is 1. The fourth-order valence-corrected chi connectivity index (χ4v) is 6.55. The van der Waals surface area contributed by atoms with Crippen LogP contribution in [0.2, 0.25) is 0 Å². The van der Waals surface area contributed by atoms with Crippen molar-refractivity contribution in [3.05, 3.63) is 48.0 Å². The summed E-state index contributed by atoms with van der Waals surface area (Å²) in [6.45, 7) is 5.20. The van der Waals surface area contributed by atoms with E-state index in [1.807, 2.05) is 18.2 Å². The molecule has 2 aromatic carbocycles. The van der Waals surface area contributed by atoms with E-state index >= 15 is 0 Å². The van der Waals surface area contributed by atoms with Crippen LogP contribution in [0.1, 0.15) is 30.6 Å². The van der Waals surface area contributed by atoms with Gasteiger partial charge in [-0.3, -0.25) is 10.1 Å². The van der Waals surface area contributed by atoms with Crippen molar-refractivity contribution < 1.29 is 17.9 Å². The summed E-state index contributed by atoms with van der Waals surface area (Å²) in [5.41, 5.74) is 1.14. The van der Waals surface area contributed by atoms with Crippen LogP contribution in [-0.2, 0) is 10.0 Å². The Morgan fingerprint density at radius 2 is 1.81 bits per heavy atom. The lowest BCUT2D eigenvalue weighted by Crippen LogP contribution is -2.42. The predicted molar refractivity (Wildman–Crippen MR) is 122 cm³/mol. The summed E-state index contributed by atoms with van der Waals surface area (Å²) >= 11 is 1.35. The molecule has 7 nitrogen and oxygen atoms in total. The number of carbonyl (C=O) groups is 1. The molecule has 1 aliphatic rings. The minimum atomic E-state index is -3.57. The molecule has 1 N–H and O–H groups in total. The van der Waals surface area contributed by atoms with Gasteiger partial charge in [-0.15, -0.1) is 0 Å². The molecule has 1 saturated heterocycles. The SMILES string of the molecule is COc1ccc2nc(NC(=O)c3ccc(S(=O)(=O)N4C[C@H](C)C[C@@H](C)C4)cc3)sc2c1. The van der Waals surface area contributed by atoms with E-state index in [4.69, 9.17) is 4.74 Å². The van der Waals surface area contributed by atoms with E-state index in [0.717, 1.165) is 22.4 Å². The van der Waals surface area contributed by atoms with E-state index < -0.39 is 10.0 Å². The zero-order valence-corrected chi connectivity index (χ0v) is 19.3. The van der Waals surface area contributed by atoms with Crippen molar-refractivity contribution >= 4 is 42.6 Å². The molecule has 0 spiro atoms. The Bertz CT molecular complexity index is 1200. The average molecular weight is 460 g/mol. The summed E-state index contributed by atoms with van der Waals surface area (Å²) in [5, 5.41) is 3.26. The van der Waals surface area contributed by atoms with Crippen molar-refractivity contribution in [2.45, 2.75) is 25.2 Å². The maximum atomic E-state index is 13.0. The quantitative estimate of drug-likeness (QED) is 0.617. The van der Waals surface area contributed by atoms with Crippen molar-refractivity contribution in [2.24, 2.45) is 11.8 Å². The van der Waals surface area contributed by atoms with Gasteiger partial charge in [-0.05, 0) is 60.7 Å². The molecular weight excluding hydrogens is 434 g/mol. The molecule has 0 bridgehead atoms. The molecule has 2 atom stereocenters. The zero-order valence-electron chi connectivity index (χ0n) is 17.7. The zero-order chi connectivity index (χ0) is 22.2. The molecule has 9 heteroatoms. The van der Waals surface area contributed by atoms with Gasteiger partial charge in [-0.1, -0.05) is 25.2 Å². The fraction of sp³-hybridized carbons (Fsp3) is 0.364. The highest BCUT2D eigenvalue weighted by Crippen LogP contribution is 2.30. The number of fused-ring (bicyclic) bond motifs is 1. The van der Waals surface area contributed by atoms with E-state index in [1.165, 1.54) is 35.6 Å². The highest BCUT2D eigenvalue weighted by atomic mass is 32.2. The number of ether oxygens (including phenoxy) is 1. The van der Waals surface area contributed by atoms with Crippen LogP contribution in [0.5, 0.6) is 5.75 Å². The van der Waals surface area contributed by atoms with E-state index in [1.54, 1.807) is 11.4 Å². The van der Waals surface area contributed by atoms with Crippen molar-refractivity contribution in [2.75, 3.05) is 25.5 Å². The number of hydrogen-bond donors (Lipinski definition) is 1. The molecule has 3 aromatic rings. The summed E-state index contributed by atoms with van der Waals surface area (Å²) in [5.74, 6) is 1.05. The van der Waals surface area contributed by atoms with Gasteiger partial charge in [-0.2, -0.15) is 4.31 Å². The van der Waals surface area contributed by atoms with Gasteiger partial charge in [-0.25, -0.2) is 13.4 Å². The predicted octanol–water partition coefficient (Wildman–Crippen LogP) is 4.22. The van der Waals surface area contributed by atoms with Crippen LogP contribution < -0.4 is 10.1 Å². The Kier molecular flexibility index (Phi) is 6.00. The number of sulfonamides is 1. The molecule has 31 heavy (non-hydrogen) atoms. The molecule has 2 heterocycles. The standard InChI is InChI=1S/C22H25N3O4S2/c1-14-10-15(2)13-25(12-14)31(27,28)18-7-4-16(5-8-18)21(26)24-22-23-19-9-6-17(29-3)11-20(19)30-22/h4-9,11,14-15H,10,12-13H2,1-3H3,(H,23,24,26)/t14-,15-/m1/s1. The van der Waals surface area contributed by atoms with E-state index in [0.29, 0.717) is 35.6 Å². The van der Waals surface area contributed by atoms with Crippen LogP contribution in [0.3, 0.4) is 0 Å². The van der Waals surface area contributed by atoms with Crippen LogP contribution >= 0.6 is 11.3 Å². The number of nitrogens with zero attached hydrogens (tertiary/aromatic N) is 2. The Morgan fingerprint density at radius 3 is 2.45 bits per heavy atom. The molecule has 0 unspecified atom stereocenters. The maximum Gasteiger partial charge on any atom is 0.257 e. The molecule has 1 aromatic heterocycles. The lowest BCUT2D eigenvalue weighted by Gasteiger charge is -2.34. The molecule has 1 aliphatic heterocycles. The van der Waals surface area contributed by atoms with Crippen molar-refractivity contribution in [3.63, 3.8) is 0 Å². The third kappa shape index (κ3) is 4.58. The van der Waals surface area contributed by atoms with Crippen LogP contribution in [0.4, 0.5) is 5.13 Å². The first kappa shape index (κ1) is 21.7. The van der Waals surface area contributed by atoms with Crippen LogP contribution in [0.25, 0.3) is 10.2 Å². The molecule has 1 amide bonds. The van der Waals surface area contributed by atoms with Gasteiger partial charge >= 0.3 is 0 Å². The normalized spacial score (nSPS) is 20.0. The number of aromatic nitrogens is 1. The number of rotatable bonds is 5. The van der Waals surface area contributed by atoms with Gasteiger partial charge in [0.1, 0.15) is 5.75 Å². The number of carbonyl (C=O) groups excluding carboxylic acids is 1. The lowest BCUT2D eigenvalue weighted by molar-refractivity contribution is 0.102. The van der Waals surface area contributed by atoms with E-state index in [9.17, 15) is 13.2 Å². The number of nitrogens with one attached hydrogen (secondary N) is 1. The monoisotopic (exact) mass is 459 g/mol. The lowest BCUT2D eigenvalue weighted by atomic mass is 9.94. The Labute approximate surface area is 186 Å². The van der Waals surface area contributed by atoms with Gasteiger partial charge in [0.25, 0.3) is 5.91 Å². The Hall–Kier alpha value is -2.49. The minimum absolute atomic E-state index is 0.206. The molecule has 0 radical (unpaired) electrons. The second kappa shape index (κ2) is 8.57. The Morgan fingerprint density at radius 1 is 1.13 bits per heavy atom. The molecule has 0 aliphatic carbocycles. The number of hydrogen-bond acceptors (Lipinski definition) is 6. The van der Waals surface area contributed by atoms with Gasteiger partial charge in [0.2, 0.25) is 10.0 Å². The molecule has 164 valence electrons. The summed E-state index contributed by atoms with van der Waals surface area (Å²) in [6, 6.07) is 11.6. The summed E-state index contributed by atoms with van der Waals surface area (Å²) in [6.07, 6.45) is 1.03. The van der Waals surface area contributed by atoms with Gasteiger partial charge in [0, 0.05) is 18.7 Å². The number of thiazole rings is 1. The number of anilines is 1. The fourth-order valence-electron chi connectivity index (χ4n) is 3.98. The van der Waals surface area contributed by atoms with E-state index in [-0.39, 0.29) is 10.8 Å². The third-order valence-corrected chi connectivity index (χ3v) is 8.19. The van der Waals surface area contributed by atoms with Crippen molar-refractivity contribution in [1.82, 2.24) is 9.29 Å². The van der Waals surface area contributed by atoms with Crippen molar-refractivity contribution in [3.8, 4) is 5.75 Å². The molecule has 4 rings (SSSR count). The van der Waals surface area contributed by atoms with Crippen LogP contribution in [0.15, 0.2) is 47.4 Å². The van der Waals surface area contributed by atoms with Gasteiger partial charge in [0.15, 0.2) is 5.13 Å². The second-order valence-electron chi connectivity index (χ2n) is 8.10. The first-order chi connectivity index (χ1) is 14.8. The number of benzene rings is 2. The highest BCUT2D eigenvalue weighted by molar-refractivity contribution is 7.89. The summed E-state index contributed by atoms with van der Waals surface area (Å²) in [4.78, 5) is 17.3. The Balaban J connectivity index is 1.49. The van der Waals surface area contributed by atoms with Gasteiger partial charge < -0.3 is 4.74 Å². The second-order valence-corrected chi connectivity index (χ2v) is 11.1. The van der Waals surface area contributed by atoms with Crippen molar-refractivity contribution in [1.29, 1.82) is 0 Å². The van der Waals surface area contributed by atoms with Crippen LogP contribution in [-0.4, -0.2) is 43.8 Å². The first-order valence-electron chi connectivity index (χ1n) is 10.1. The highest BCUT2D eigenvalue weighted by Gasteiger charge is 2.31. The largest absolute Gasteiger partial charge is 0.497 e. The molecular formula is C22H25N3O4S2. The molecule has 1 fully saturated rings. The molecule has 0 saturated carbocycles. The van der Waals surface area contributed by atoms with Crippen LogP contribution in [0, 0.1) is 11.8 Å². The smallest absolute Gasteiger partial charge is 0.257 e.